The summed E-state index contributed by atoms with van der Waals surface area (Å²) in [6.45, 7) is 5.05. The van der Waals surface area contributed by atoms with E-state index >= 15 is 0 Å². The van der Waals surface area contributed by atoms with Crippen molar-refractivity contribution < 1.29 is 4.79 Å². The quantitative estimate of drug-likeness (QED) is 0.758. The van der Waals surface area contributed by atoms with E-state index in [1.165, 1.54) is 16.8 Å². The molecule has 0 spiro atoms. The molecule has 2 aromatic rings. The van der Waals surface area contributed by atoms with E-state index in [1.54, 1.807) is 12.1 Å². The largest absolute Gasteiger partial charge is 0.335 e. The number of piperidine rings is 1. The normalized spacial score (nSPS) is 23.7. The number of hydrogen-bond acceptors (Lipinski definition) is 3. The van der Waals surface area contributed by atoms with E-state index in [1.807, 2.05) is 27.7 Å². The van der Waals surface area contributed by atoms with Crippen LogP contribution in [0.5, 0.6) is 0 Å². The molecule has 2 atom stereocenters. The van der Waals surface area contributed by atoms with Crippen molar-refractivity contribution in [3.63, 3.8) is 0 Å². The van der Waals surface area contributed by atoms with Crippen molar-refractivity contribution in [1.82, 2.24) is 14.4 Å². The predicted octanol–water partition coefficient (Wildman–Crippen LogP) is 2.41. The average molecular weight is 389 g/mol. The highest BCUT2D eigenvalue weighted by atomic mass is 16.2. The molecule has 2 unspecified atom stereocenters. The second kappa shape index (κ2) is 7.64. The van der Waals surface area contributed by atoms with Crippen LogP contribution < -0.4 is 5.56 Å². The SMILES string of the molecule is O=C(C=CCN1CC2CC(C1)c1cccc(=O)n1C2)N1CCc2ccccc2C1. The van der Waals surface area contributed by atoms with E-state index in [-0.39, 0.29) is 11.5 Å². The smallest absolute Gasteiger partial charge is 0.250 e. The molecule has 5 rings (SSSR count). The Morgan fingerprint density at radius 1 is 1.03 bits per heavy atom. The summed E-state index contributed by atoms with van der Waals surface area (Å²) in [6.07, 6.45) is 5.86. The molecule has 2 bridgehead atoms. The van der Waals surface area contributed by atoms with Crippen molar-refractivity contribution in [3.8, 4) is 0 Å². The topological polar surface area (TPSA) is 45.6 Å². The van der Waals surface area contributed by atoms with Crippen LogP contribution in [-0.2, 0) is 24.3 Å². The number of amides is 1. The fourth-order valence-electron chi connectivity index (χ4n) is 5.24. The second-order valence-electron chi connectivity index (χ2n) is 8.60. The highest BCUT2D eigenvalue weighted by molar-refractivity contribution is 5.87. The molecule has 1 amide bonds. The molecule has 5 heteroatoms. The first-order valence-corrected chi connectivity index (χ1v) is 10.6. The van der Waals surface area contributed by atoms with Crippen molar-refractivity contribution >= 4 is 5.91 Å². The van der Waals surface area contributed by atoms with E-state index in [9.17, 15) is 9.59 Å². The zero-order valence-electron chi connectivity index (χ0n) is 16.7. The summed E-state index contributed by atoms with van der Waals surface area (Å²) in [6, 6.07) is 14.0. The Labute approximate surface area is 171 Å². The van der Waals surface area contributed by atoms with E-state index in [0.717, 1.165) is 45.6 Å². The van der Waals surface area contributed by atoms with Gasteiger partial charge in [-0.2, -0.15) is 0 Å². The van der Waals surface area contributed by atoms with Crippen LogP contribution in [0.3, 0.4) is 0 Å². The van der Waals surface area contributed by atoms with E-state index in [4.69, 9.17) is 0 Å². The fourth-order valence-corrected chi connectivity index (χ4v) is 5.24. The van der Waals surface area contributed by atoms with Crippen molar-refractivity contribution in [3.05, 3.63) is 81.8 Å². The van der Waals surface area contributed by atoms with Crippen molar-refractivity contribution in [2.75, 3.05) is 26.2 Å². The van der Waals surface area contributed by atoms with Gasteiger partial charge in [0.25, 0.3) is 5.56 Å². The standard InChI is InChI=1S/C24H27N3O2/c28-23(26-12-10-19-5-1-2-6-20(19)17-26)9-4-11-25-14-18-13-21(16-25)22-7-3-8-24(29)27(22)15-18/h1-9,18,21H,10-17H2. The number of carbonyl (C=O) groups excluding carboxylic acids is 1. The highest BCUT2D eigenvalue weighted by Gasteiger charge is 2.33. The summed E-state index contributed by atoms with van der Waals surface area (Å²) in [7, 11) is 0. The molecule has 1 fully saturated rings. The average Bonchev–Trinajstić information content (AvgIpc) is 2.74. The number of pyridine rings is 1. The first kappa shape index (κ1) is 18.4. The zero-order chi connectivity index (χ0) is 19.8. The van der Waals surface area contributed by atoms with E-state index < -0.39 is 0 Å². The van der Waals surface area contributed by atoms with Crippen LogP contribution in [-0.4, -0.2) is 46.5 Å². The number of aromatic nitrogens is 1. The summed E-state index contributed by atoms with van der Waals surface area (Å²) in [5, 5.41) is 0. The Morgan fingerprint density at radius 3 is 2.79 bits per heavy atom. The number of likely N-dealkylation sites (tertiary alicyclic amines) is 1. The molecule has 0 radical (unpaired) electrons. The van der Waals surface area contributed by atoms with Crippen LogP contribution in [0, 0.1) is 5.92 Å². The minimum Gasteiger partial charge on any atom is -0.335 e. The first-order valence-electron chi connectivity index (χ1n) is 10.6. The lowest BCUT2D eigenvalue weighted by Gasteiger charge is -2.42. The minimum absolute atomic E-state index is 0.105. The van der Waals surface area contributed by atoms with Gasteiger partial charge < -0.3 is 9.47 Å². The Hall–Kier alpha value is -2.66. The van der Waals surface area contributed by atoms with Gasteiger partial charge in [-0.05, 0) is 36.0 Å². The van der Waals surface area contributed by atoms with E-state index in [0.29, 0.717) is 18.4 Å². The lowest BCUT2D eigenvalue weighted by atomic mass is 9.83. The first-order chi connectivity index (χ1) is 14.2. The minimum atomic E-state index is 0.105. The number of carbonyl (C=O) groups is 1. The molecular weight excluding hydrogens is 362 g/mol. The summed E-state index contributed by atoms with van der Waals surface area (Å²) in [4.78, 5) is 29.1. The van der Waals surface area contributed by atoms with Gasteiger partial charge in [0, 0.05) is 63.0 Å². The number of rotatable bonds is 3. The fraction of sp³-hybridized carbons (Fsp3) is 0.417. The lowest BCUT2D eigenvalue weighted by molar-refractivity contribution is -0.126. The molecule has 1 aromatic carbocycles. The molecular formula is C24H27N3O2. The third-order valence-electron chi connectivity index (χ3n) is 6.62. The number of fused-ring (bicyclic) bond motifs is 5. The van der Waals surface area contributed by atoms with Crippen LogP contribution in [0.1, 0.15) is 29.2 Å². The highest BCUT2D eigenvalue weighted by Crippen LogP contribution is 2.34. The maximum Gasteiger partial charge on any atom is 0.250 e. The molecule has 0 saturated carbocycles. The summed E-state index contributed by atoms with van der Waals surface area (Å²) < 4.78 is 1.96. The van der Waals surface area contributed by atoms with Crippen molar-refractivity contribution in [2.45, 2.75) is 31.8 Å². The summed E-state index contributed by atoms with van der Waals surface area (Å²) in [5.41, 5.74) is 3.92. The molecule has 0 aliphatic carbocycles. The third-order valence-corrected chi connectivity index (χ3v) is 6.62. The molecule has 29 heavy (non-hydrogen) atoms. The van der Waals surface area contributed by atoms with Gasteiger partial charge >= 0.3 is 0 Å². The van der Waals surface area contributed by atoms with Crippen molar-refractivity contribution in [2.24, 2.45) is 5.92 Å². The molecule has 5 nitrogen and oxygen atoms in total. The molecule has 3 aliphatic heterocycles. The van der Waals surface area contributed by atoms with Gasteiger partial charge in [0.1, 0.15) is 0 Å². The van der Waals surface area contributed by atoms with Gasteiger partial charge in [-0.25, -0.2) is 0 Å². The van der Waals surface area contributed by atoms with Gasteiger partial charge in [-0.15, -0.1) is 0 Å². The summed E-state index contributed by atoms with van der Waals surface area (Å²) in [5.74, 6) is 1.04. The number of hydrogen-bond donors (Lipinski definition) is 0. The van der Waals surface area contributed by atoms with Gasteiger partial charge in [-0.1, -0.05) is 36.4 Å². The summed E-state index contributed by atoms with van der Waals surface area (Å²) >= 11 is 0. The Balaban J connectivity index is 1.20. The van der Waals surface area contributed by atoms with E-state index in [2.05, 4.69) is 29.2 Å². The maximum absolute atomic E-state index is 12.6. The predicted molar refractivity (Wildman–Crippen MR) is 113 cm³/mol. The molecule has 150 valence electrons. The van der Waals surface area contributed by atoms with Crippen LogP contribution in [0.15, 0.2) is 59.4 Å². The second-order valence-corrected chi connectivity index (χ2v) is 8.60. The molecule has 4 heterocycles. The Morgan fingerprint density at radius 2 is 1.90 bits per heavy atom. The Bertz CT molecular complexity index is 1010. The number of nitrogens with zero attached hydrogens (tertiary/aromatic N) is 3. The zero-order valence-corrected chi connectivity index (χ0v) is 16.7. The monoisotopic (exact) mass is 389 g/mol. The molecule has 3 aliphatic rings. The van der Waals surface area contributed by atoms with Crippen LogP contribution in [0.2, 0.25) is 0 Å². The van der Waals surface area contributed by atoms with Crippen LogP contribution in [0.25, 0.3) is 0 Å². The van der Waals surface area contributed by atoms with Gasteiger partial charge in [0.05, 0.1) is 0 Å². The van der Waals surface area contributed by atoms with Gasteiger partial charge in [0.15, 0.2) is 0 Å². The third kappa shape index (κ3) is 3.67. The van der Waals surface area contributed by atoms with Crippen LogP contribution in [0.4, 0.5) is 0 Å². The number of benzene rings is 1. The molecule has 0 N–H and O–H groups in total. The molecule has 1 aromatic heterocycles. The lowest BCUT2D eigenvalue weighted by Crippen LogP contribution is -2.47. The van der Waals surface area contributed by atoms with Gasteiger partial charge in [0.2, 0.25) is 5.91 Å². The maximum atomic E-state index is 12.6. The van der Waals surface area contributed by atoms with Crippen molar-refractivity contribution in [1.29, 1.82) is 0 Å². The molecule has 1 saturated heterocycles. The Kier molecular flexibility index (Phi) is 4.84. The van der Waals surface area contributed by atoms with Gasteiger partial charge in [-0.3, -0.25) is 14.5 Å². The van der Waals surface area contributed by atoms with Crippen LogP contribution >= 0.6 is 0 Å².